The highest BCUT2D eigenvalue weighted by atomic mass is 16.5. The maximum absolute atomic E-state index is 11.7. The van der Waals surface area contributed by atoms with Gasteiger partial charge in [-0.15, -0.1) is 0 Å². The molecule has 4 rings (SSSR count). The van der Waals surface area contributed by atoms with Gasteiger partial charge in [0, 0.05) is 17.0 Å². The average molecular weight is 504 g/mol. The molecule has 0 saturated carbocycles. The van der Waals surface area contributed by atoms with Crippen LogP contribution in [0.5, 0.6) is 23.4 Å². The SMILES string of the molecule is CC(C)(C)c1nc2nc(Oc3cccc(N=C(N)N)c3)nc(Oc3ccc(C(=N)N)c(C(=O)O)c3)c2[nH]1. The van der Waals surface area contributed by atoms with Gasteiger partial charge in [-0.2, -0.15) is 9.97 Å². The molecule has 0 aliphatic rings. The summed E-state index contributed by atoms with van der Waals surface area (Å²) >= 11 is 0. The quantitative estimate of drug-likeness (QED) is 0.159. The first-order valence-electron chi connectivity index (χ1n) is 11.0. The summed E-state index contributed by atoms with van der Waals surface area (Å²) in [4.78, 5) is 32.2. The Hall–Kier alpha value is -5.20. The topological polar surface area (TPSA) is 224 Å². The van der Waals surface area contributed by atoms with Gasteiger partial charge in [0.1, 0.15) is 28.7 Å². The van der Waals surface area contributed by atoms with Gasteiger partial charge in [0.15, 0.2) is 11.6 Å². The number of ether oxygens (including phenoxy) is 2. The van der Waals surface area contributed by atoms with Gasteiger partial charge in [-0.05, 0) is 30.3 Å². The number of hydrogen-bond donors (Lipinski definition) is 6. The van der Waals surface area contributed by atoms with Crippen LogP contribution in [0.15, 0.2) is 47.5 Å². The number of aliphatic imine (C=N–C) groups is 1. The lowest BCUT2D eigenvalue weighted by molar-refractivity contribution is 0.0696. The summed E-state index contributed by atoms with van der Waals surface area (Å²) in [6.45, 7) is 5.93. The second-order valence-corrected chi connectivity index (χ2v) is 9.01. The fourth-order valence-electron chi connectivity index (χ4n) is 3.31. The van der Waals surface area contributed by atoms with Crippen molar-refractivity contribution in [1.82, 2.24) is 19.9 Å². The normalized spacial score (nSPS) is 11.2. The molecule has 2 aromatic heterocycles. The number of aromatic carboxylic acids is 1. The van der Waals surface area contributed by atoms with Crippen LogP contribution in [0.4, 0.5) is 5.69 Å². The second-order valence-electron chi connectivity index (χ2n) is 9.01. The summed E-state index contributed by atoms with van der Waals surface area (Å²) in [6.07, 6.45) is 0. The summed E-state index contributed by atoms with van der Waals surface area (Å²) in [6, 6.07) is 10.7. The molecule has 0 spiro atoms. The van der Waals surface area contributed by atoms with E-state index in [2.05, 4.69) is 24.9 Å². The Morgan fingerprint density at radius 2 is 1.73 bits per heavy atom. The molecule has 37 heavy (non-hydrogen) atoms. The van der Waals surface area contributed by atoms with Gasteiger partial charge in [-0.25, -0.2) is 14.8 Å². The minimum Gasteiger partial charge on any atom is -0.478 e. The van der Waals surface area contributed by atoms with Crippen LogP contribution in [0.1, 0.15) is 42.5 Å². The van der Waals surface area contributed by atoms with Crippen molar-refractivity contribution in [3.63, 3.8) is 0 Å². The number of nitrogens with two attached hydrogens (primary N) is 3. The summed E-state index contributed by atoms with van der Waals surface area (Å²) in [5.41, 5.74) is 17.1. The van der Waals surface area contributed by atoms with Crippen LogP contribution in [0.3, 0.4) is 0 Å². The predicted molar refractivity (Wildman–Crippen MR) is 137 cm³/mol. The minimum atomic E-state index is -1.26. The van der Waals surface area contributed by atoms with Crippen molar-refractivity contribution >= 4 is 34.6 Å². The van der Waals surface area contributed by atoms with Gasteiger partial charge in [0.05, 0.1) is 11.3 Å². The Labute approximate surface area is 210 Å². The molecule has 2 aromatic carbocycles. The van der Waals surface area contributed by atoms with E-state index in [1.165, 1.54) is 18.2 Å². The largest absolute Gasteiger partial charge is 0.478 e. The van der Waals surface area contributed by atoms with E-state index in [0.717, 1.165) is 0 Å². The molecule has 0 fully saturated rings. The van der Waals surface area contributed by atoms with Crippen LogP contribution in [-0.2, 0) is 5.41 Å². The number of nitrogens with zero attached hydrogens (tertiary/aromatic N) is 4. The zero-order chi connectivity index (χ0) is 26.9. The van der Waals surface area contributed by atoms with Gasteiger partial charge >= 0.3 is 12.0 Å². The molecule has 4 aromatic rings. The number of hydrogen-bond acceptors (Lipinski definition) is 8. The van der Waals surface area contributed by atoms with Crippen molar-refractivity contribution in [2.75, 3.05) is 0 Å². The van der Waals surface area contributed by atoms with Gasteiger partial charge in [0.2, 0.25) is 0 Å². The average Bonchev–Trinajstić information content (AvgIpc) is 3.24. The van der Waals surface area contributed by atoms with Crippen molar-refractivity contribution in [1.29, 1.82) is 5.41 Å². The second kappa shape index (κ2) is 9.45. The van der Waals surface area contributed by atoms with E-state index in [1.807, 2.05) is 20.8 Å². The van der Waals surface area contributed by atoms with E-state index in [1.54, 1.807) is 24.3 Å². The number of aromatic amines is 1. The molecule has 0 amide bonds. The maximum Gasteiger partial charge on any atom is 0.336 e. The Bertz CT molecular complexity index is 1550. The molecule has 0 saturated heterocycles. The number of nitrogen functional groups attached to an aromatic ring is 1. The maximum atomic E-state index is 11.7. The number of H-pyrrole nitrogens is 1. The predicted octanol–water partition coefficient (Wildman–Crippen LogP) is 3.12. The van der Waals surface area contributed by atoms with Crippen LogP contribution >= 0.6 is 0 Å². The lowest BCUT2D eigenvalue weighted by atomic mass is 9.96. The van der Waals surface area contributed by atoms with E-state index >= 15 is 0 Å². The van der Waals surface area contributed by atoms with E-state index in [9.17, 15) is 9.90 Å². The fraction of sp³-hybridized carbons (Fsp3) is 0.167. The number of benzene rings is 2. The fourth-order valence-corrected chi connectivity index (χ4v) is 3.31. The molecule has 9 N–H and O–H groups in total. The van der Waals surface area contributed by atoms with E-state index in [4.69, 9.17) is 32.1 Å². The molecule has 13 heteroatoms. The molecule has 2 heterocycles. The van der Waals surface area contributed by atoms with Crippen LogP contribution in [0.25, 0.3) is 11.2 Å². The lowest BCUT2D eigenvalue weighted by Crippen LogP contribution is -2.21. The Balaban J connectivity index is 1.79. The monoisotopic (exact) mass is 503 g/mol. The first kappa shape index (κ1) is 24.9. The highest BCUT2D eigenvalue weighted by molar-refractivity contribution is 6.05. The van der Waals surface area contributed by atoms with Gasteiger partial charge < -0.3 is 36.8 Å². The summed E-state index contributed by atoms with van der Waals surface area (Å²) in [5, 5.41) is 17.2. The van der Waals surface area contributed by atoms with Gasteiger partial charge in [-0.3, -0.25) is 5.41 Å². The molecule has 0 atom stereocenters. The first-order valence-corrected chi connectivity index (χ1v) is 11.0. The number of rotatable bonds is 7. The number of carboxylic acids is 1. The van der Waals surface area contributed by atoms with E-state index in [-0.39, 0.29) is 51.6 Å². The summed E-state index contributed by atoms with van der Waals surface area (Å²) in [5.74, 6) is -0.552. The van der Waals surface area contributed by atoms with Crippen LogP contribution in [-0.4, -0.2) is 42.8 Å². The smallest absolute Gasteiger partial charge is 0.336 e. The number of carboxylic acid groups (broad SMARTS) is 1. The van der Waals surface area contributed by atoms with Crippen LogP contribution in [0.2, 0.25) is 0 Å². The summed E-state index contributed by atoms with van der Waals surface area (Å²) < 4.78 is 11.8. The number of carbonyl (C=O) groups is 1. The van der Waals surface area contributed by atoms with E-state index in [0.29, 0.717) is 22.8 Å². The molecule has 0 bridgehead atoms. The Morgan fingerprint density at radius 1 is 1.00 bits per heavy atom. The number of guanidine groups is 1. The summed E-state index contributed by atoms with van der Waals surface area (Å²) in [7, 11) is 0. The third kappa shape index (κ3) is 5.56. The Kier molecular flexibility index (Phi) is 6.36. The number of fused-ring (bicyclic) bond motifs is 1. The van der Waals surface area contributed by atoms with Crippen molar-refractivity contribution in [2.45, 2.75) is 26.2 Å². The van der Waals surface area contributed by atoms with Crippen molar-refractivity contribution in [3.05, 3.63) is 59.4 Å². The number of imidazole rings is 1. The third-order valence-electron chi connectivity index (χ3n) is 5.02. The molecule has 0 radical (unpaired) electrons. The number of aromatic nitrogens is 4. The number of amidine groups is 1. The number of nitrogens with one attached hydrogen (secondary N) is 2. The van der Waals surface area contributed by atoms with Gasteiger partial charge in [0.25, 0.3) is 5.88 Å². The lowest BCUT2D eigenvalue weighted by Gasteiger charge is -2.13. The minimum absolute atomic E-state index is 0.0512. The highest BCUT2D eigenvalue weighted by Gasteiger charge is 2.23. The third-order valence-corrected chi connectivity index (χ3v) is 5.02. The Morgan fingerprint density at radius 3 is 2.38 bits per heavy atom. The molecular weight excluding hydrogens is 478 g/mol. The van der Waals surface area contributed by atoms with Crippen molar-refractivity contribution < 1.29 is 19.4 Å². The standard InChI is InChI=1S/C24H25N9O4/c1-24(2,3)21-30-16-18(31-21)32-23(37-12-6-4-5-11(9-12)29-22(27)28)33-19(16)36-13-7-8-14(17(25)26)15(10-13)20(34)35/h4-10H,1-3H3,(H3,25,26)(H,34,35)(H4,27,28,29)(H,30,31,32,33). The zero-order valence-electron chi connectivity index (χ0n) is 20.2. The van der Waals surface area contributed by atoms with Crippen molar-refractivity contribution in [2.24, 2.45) is 22.2 Å². The van der Waals surface area contributed by atoms with E-state index < -0.39 is 5.97 Å². The molecule has 190 valence electrons. The molecule has 0 aliphatic carbocycles. The van der Waals surface area contributed by atoms with Crippen LogP contribution < -0.4 is 26.7 Å². The first-order chi connectivity index (χ1) is 17.4. The zero-order valence-corrected chi connectivity index (χ0v) is 20.2. The molecule has 0 unspecified atom stereocenters. The molecule has 13 nitrogen and oxygen atoms in total. The highest BCUT2D eigenvalue weighted by Crippen LogP contribution is 2.33. The van der Waals surface area contributed by atoms with Crippen molar-refractivity contribution in [3.8, 4) is 23.4 Å². The van der Waals surface area contributed by atoms with Gasteiger partial charge in [-0.1, -0.05) is 26.8 Å². The molecular formula is C24H25N9O4. The molecule has 0 aliphatic heterocycles. The van der Waals surface area contributed by atoms with Crippen LogP contribution in [0, 0.1) is 5.41 Å².